The third kappa shape index (κ3) is 5.18. The SMILES string of the molecule is COc1ccc(C(=O)NC(c2cccs2)C(C)C)cc1S(=O)(=O)NC1CCCC1. The average Bonchev–Trinajstić information content (AvgIpc) is 3.39. The number of carbonyl (C=O) groups excluding carboxylic acids is 1. The molecular weight excluding hydrogens is 408 g/mol. The molecule has 1 heterocycles. The number of methoxy groups -OCH3 is 1. The normalized spacial score (nSPS) is 16.1. The number of carbonyl (C=O) groups is 1. The van der Waals surface area contributed by atoms with E-state index in [9.17, 15) is 13.2 Å². The monoisotopic (exact) mass is 436 g/mol. The van der Waals surface area contributed by atoms with E-state index in [0.717, 1.165) is 30.6 Å². The van der Waals surface area contributed by atoms with E-state index >= 15 is 0 Å². The highest BCUT2D eigenvalue weighted by atomic mass is 32.2. The Bertz CT molecular complexity index is 934. The smallest absolute Gasteiger partial charge is 0.251 e. The maximum absolute atomic E-state index is 12.9. The molecular formula is C21H28N2O4S2. The predicted octanol–water partition coefficient (Wildman–Crippen LogP) is 4.10. The molecule has 0 aliphatic heterocycles. The highest BCUT2D eigenvalue weighted by Crippen LogP contribution is 2.29. The molecule has 0 spiro atoms. The second kappa shape index (κ2) is 9.28. The van der Waals surface area contributed by atoms with Gasteiger partial charge in [-0.3, -0.25) is 4.79 Å². The lowest BCUT2D eigenvalue weighted by atomic mass is 10.0. The van der Waals surface area contributed by atoms with Crippen molar-refractivity contribution in [1.29, 1.82) is 0 Å². The van der Waals surface area contributed by atoms with Crippen LogP contribution in [0.2, 0.25) is 0 Å². The molecule has 1 aliphatic carbocycles. The molecule has 158 valence electrons. The van der Waals surface area contributed by atoms with Crippen LogP contribution in [0.3, 0.4) is 0 Å². The summed E-state index contributed by atoms with van der Waals surface area (Å²) in [5.74, 6) is 0.117. The van der Waals surface area contributed by atoms with Crippen LogP contribution in [-0.2, 0) is 10.0 Å². The first-order valence-electron chi connectivity index (χ1n) is 9.86. The molecule has 1 amide bonds. The highest BCUT2D eigenvalue weighted by Gasteiger charge is 2.27. The van der Waals surface area contributed by atoms with Crippen LogP contribution >= 0.6 is 11.3 Å². The third-order valence-electron chi connectivity index (χ3n) is 5.20. The summed E-state index contributed by atoms with van der Waals surface area (Å²) in [4.78, 5) is 14.0. The number of rotatable bonds is 8. The van der Waals surface area contributed by atoms with Gasteiger partial charge in [-0.15, -0.1) is 11.3 Å². The molecule has 1 fully saturated rings. The van der Waals surface area contributed by atoms with Crippen LogP contribution in [0, 0.1) is 5.92 Å². The Balaban J connectivity index is 1.86. The van der Waals surface area contributed by atoms with Gasteiger partial charge in [0.25, 0.3) is 5.91 Å². The van der Waals surface area contributed by atoms with Gasteiger partial charge < -0.3 is 10.1 Å². The topological polar surface area (TPSA) is 84.5 Å². The summed E-state index contributed by atoms with van der Waals surface area (Å²) in [6, 6.07) is 8.27. The van der Waals surface area contributed by atoms with Gasteiger partial charge in [0.1, 0.15) is 10.6 Å². The van der Waals surface area contributed by atoms with Crippen molar-refractivity contribution < 1.29 is 17.9 Å². The molecule has 1 unspecified atom stereocenters. The number of hydrogen-bond acceptors (Lipinski definition) is 5. The summed E-state index contributed by atoms with van der Waals surface area (Å²) < 4.78 is 33.9. The Hall–Kier alpha value is -1.90. The lowest BCUT2D eigenvalue weighted by Crippen LogP contribution is -2.34. The van der Waals surface area contributed by atoms with Gasteiger partial charge in [0.2, 0.25) is 10.0 Å². The van der Waals surface area contributed by atoms with E-state index in [-0.39, 0.29) is 34.6 Å². The number of thiophene rings is 1. The first kappa shape index (κ1) is 21.8. The zero-order chi connectivity index (χ0) is 21.0. The van der Waals surface area contributed by atoms with Crippen molar-refractivity contribution in [3.63, 3.8) is 0 Å². The fourth-order valence-electron chi connectivity index (χ4n) is 3.61. The fraction of sp³-hybridized carbons (Fsp3) is 0.476. The minimum absolute atomic E-state index is 0.00299. The van der Waals surface area contributed by atoms with Crippen molar-refractivity contribution in [2.24, 2.45) is 5.92 Å². The van der Waals surface area contributed by atoms with Crippen LogP contribution in [0.4, 0.5) is 0 Å². The second-order valence-electron chi connectivity index (χ2n) is 7.68. The van der Waals surface area contributed by atoms with Crippen molar-refractivity contribution in [3.8, 4) is 5.75 Å². The first-order valence-corrected chi connectivity index (χ1v) is 12.2. The van der Waals surface area contributed by atoms with Gasteiger partial charge in [0.15, 0.2) is 0 Å². The molecule has 0 bridgehead atoms. The summed E-state index contributed by atoms with van der Waals surface area (Å²) in [6.45, 7) is 4.08. The zero-order valence-corrected chi connectivity index (χ0v) is 18.6. The van der Waals surface area contributed by atoms with Crippen molar-refractivity contribution >= 4 is 27.3 Å². The fourth-order valence-corrected chi connectivity index (χ4v) is 6.06. The van der Waals surface area contributed by atoms with Crippen LogP contribution in [0.1, 0.15) is 60.8 Å². The lowest BCUT2D eigenvalue weighted by Gasteiger charge is -2.22. The number of benzene rings is 1. The molecule has 1 aromatic heterocycles. The van der Waals surface area contributed by atoms with E-state index < -0.39 is 10.0 Å². The minimum Gasteiger partial charge on any atom is -0.495 e. The Morgan fingerprint density at radius 1 is 1.21 bits per heavy atom. The van der Waals surface area contributed by atoms with Crippen molar-refractivity contribution in [1.82, 2.24) is 10.0 Å². The summed E-state index contributed by atoms with van der Waals surface area (Å²) in [6.07, 6.45) is 3.70. The van der Waals surface area contributed by atoms with Gasteiger partial charge in [-0.05, 0) is 48.4 Å². The van der Waals surface area contributed by atoms with Gasteiger partial charge in [-0.2, -0.15) is 0 Å². The van der Waals surface area contributed by atoms with Gasteiger partial charge in [-0.25, -0.2) is 13.1 Å². The summed E-state index contributed by atoms with van der Waals surface area (Å²) >= 11 is 1.59. The van der Waals surface area contributed by atoms with Crippen molar-refractivity contribution in [3.05, 3.63) is 46.2 Å². The third-order valence-corrected chi connectivity index (χ3v) is 7.69. The predicted molar refractivity (Wildman–Crippen MR) is 115 cm³/mol. The molecule has 0 saturated heterocycles. The van der Waals surface area contributed by atoms with E-state index in [1.807, 2.05) is 31.4 Å². The van der Waals surface area contributed by atoms with E-state index in [1.54, 1.807) is 17.4 Å². The molecule has 3 rings (SSSR count). The Morgan fingerprint density at radius 2 is 1.93 bits per heavy atom. The van der Waals surface area contributed by atoms with E-state index in [1.165, 1.54) is 19.2 Å². The minimum atomic E-state index is -3.78. The maximum Gasteiger partial charge on any atom is 0.251 e. The Morgan fingerprint density at radius 3 is 2.52 bits per heavy atom. The summed E-state index contributed by atoms with van der Waals surface area (Å²) in [5, 5.41) is 5.02. The van der Waals surface area contributed by atoms with Crippen LogP contribution < -0.4 is 14.8 Å². The molecule has 1 aromatic carbocycles. The largest absolute Gasteiger partial charge is 0.495 e. The molecule has 1 aliphatic rings. The number of sulfonamides is 1. The molecule has 2 N–H and O–H groups in total. The number of hydrogen-bond donors (Lipinski definition) is 2. The van der Waals surface area contributed by atoms with Gasteiger partial charge in [-0.1, -0.05) is 32.8 Å². The standard InChI is InChI=1S/C21H28N2O4S2/c1-14(2)20(18-9-6-12-28-18)22-21(24)15-10-11-17(27-3)19(13-15)29(25,26)23-16-7-4-5-8-16/h6,9-14,16,20,23H,4-5,7-8H2,1-3H3,(H,22,24). The van der Waals surface area contributed by atoms with Crippen LogP contribution in [0.5, 0.6) is 5.75 Å². The number of ether oxygens (including phenoxy) is 1. The molecule has 8 heteroatoms. The quantitative estimate of drug-likeness (QED) is 0.652. The summed E-state index contributed by atoms with van der Waals surface area (Å²) in [7, 11) is -2.36. The van der Waals surface area contributed by atoms with Gasteiger partial charge in [0, 0.05) is 16.5 Å². The summed E-state index contributed by atoms with van der Waals surface area (Å²) in [5.41, 5.74) is 0.291. The van der Waals surface area contributed by atoms with Crippen LogP contribution in [-0.4, -0.2) is 27.5 Å². The lowest BCUT2D eigenvalue weighted by molar-refractivity contribution is 0.0926. The van der Waals surface area contributed by atoms with E-state index in [2.05, 4.69) is 10.0 Å². The highest BCUT2D eigenvalue weighted by molar-refractivity contribution is 7.89. The van der Waals surface area contributed by atoms with Crippen molar-refractivity contribution in [2.75, 3.05) is 7.11 Å². The average molecular weight is 437 g/mol. The molecule has 29 heavy (non-hydrogen) atoms. The molecule has 0 radical (unpaired) electrons. The second-order valence-corrected chi connectivity index (χ2v) is 10.3. The van der Waals surface area contributed by atoms with Gasteiger partial charge in [0.05, 0.1) is 13.2 Å². The molecule has 1 saturated carbocycles. The first-order chi connectivity index (χ1) is 13.8. The molecule has 2 aromatic rings. The van der Waals surface area contributed by atoms with E-state index in [0.29, 0.717) is 5.56 Å². The number of amides is 1. The molecule has 6 nitrogen and oxygen atoms in total. The van der Waals surface area contributed by atoms with Crippen molar-refractivity contribution in [2.45, 2.75) is 56.5 Å². The van der Waals surface area contributed by atoms with Gasteiger partial charge >= 0.3 is 0 Å². The van der Waals surface area contributed by atoms with E-state index in [4.69, 9.17) is 4.74 Å². The Kier molecular flexibility index (Phi) is 6.97. The Labute approximate surface area is 176 Å². The van der Waals surface area contributed by atoms with Crippen LogP contribution in [0.15, 0.2) is 40.6 Å². The number of nitrogens with one attached hydrogen (secondary N) is 2. The van der Waals surface area contributed by atoms with Crippen LogP contribution in [0.25, 0.3) is 0 Å². The zero-order valence-electron chi connectivity index (χ0n) is 17.0. The maximum atomic E-state index is 12.9. The molecule has 1 atom stereocenters.